The van der Waals surface area contributed by atoms with E-state index >= 15 is 0 Å². The molecule has 0 fully saturated rings. The van der Waals surface area contributed by atoms with Crippen LogP contribution in [0.4, 0.5) is 0 Å². The van der Waals surface area contributed by atoms with Crippen molar-refractivity contribution in [1.82, 2.24) is 9.99 Å². The lowest BCUT2D eigenvalue weighted by molar-refractivity contribution is 0.0955. The highest BCUT2D eigenvalue weighted by Gasteiger charge is 2.08. The molecule has 1 aromatic heterocycles. The molecule has 1 N–H and O–H groups in total. The van der Waals surface area contributed by atoms with Gasteiger partial charge in [0, 0.05) is 39.8 Å². The Bertz CT molecular complexity index is 1130. The number of hydrogen-bond acceptors (Lipinski definition) is 2. The van der Waals surface area contributed by atoms with Gasteiger partial charge in [-0.15, -0.1) is 0 Å². The molecule has 28 heavy (non-hydrogen) atoms. The van der Waals surface area contributed by atoms with Crippen LogP contribution in [0.1, 0.15) is 21.5 Å². The molecule has 0 aliphatic rings. The molecule has 0 atom stereocenters. The largest absolute Gasteiger partial charge is 0.342 e. The predicted octanol–water partition coefficient (Wildman–Crippen LogP) is 5.11. The summed E-state index contributed by atoms with van der Waals surface area (Å²) in [5.41, 5.74) is 6.36. The smallest absolute Gasteiger partial charge is 0.271 e. The van der Waals surface area contributed by atoms with Gasteiger partial charge in [0.05, 0.1) is 6.21 Å². The standard InChI is InChI=1S/C23H18ClN3O/c24-20-12-10-17(11-13-20)15-27-16-19(21-8-4-5-9-22(21)27)14-25-26-23(28)18-6-2-1-3-7-18/h1-14,16H,15H2,(H,26,28)/b25-14-. The number of hydrazone groups is 1. The summed E-state index contributed by atoms with van der Waals surface area (Å²) in [6, 6.07) is 25.0. The first-order chi connectivity index (χ1) is 13.7. The number of aromatic nitrogens is 1. The van der Waals surface area contributed by atoms with E-state index in [1.165, 1.54) is 0 Å². The second-order valence-electron chi connectivity index (χ2n) is 6.42. The van der Waals surface area contributed by atoms with Crippen molar-refractivity contribution in [3.05, 3.63) is 107 Å². The lowest BCUT2D eigenvalue weighted by atomic mass is 10.2. The van der Waals surface area contributed by atoms with E-state index < -0.39 is 0 Å². The topological polar surface area (TPSA) is 46.4 Å². The molecule has 1 amide bonds. The number of carbonyl (C=O) groups is 1. The molecule has 4 aromatic rings. The third-order valence-corrected chi connectivity index (χ3v) is 4.74. The van der Waals surface area contributed by atoms with Gasteiger partial charge in [-0.3, -0.25) is 4.79 Å². The van der Waals surface area contributed by atoms with Crippen LogP contribution in [0, 0.1) is 0 Å². The summed E-state index contributed by atoms with van der Waals surface area (Å²) in [6.45, 7) is 0.724. The van der Waals surface area contributed by atoms with Crippen molar-refractivity contribution < 1.29 is 4.79 Å². The first-order valence-electron chi connectivity index (χ1n) is 8.91. The fraction of sp³-hybridized carbons (Fsp3) is 0.0435. The van der Waals surface area contributed by atoms with Gasteiger partial charge in [0.25, 0.3) is 5.91 Å². The normalized spacial score (nSPS) is 11.2. The van der Waals surface area contributed by atoms with E-state index in [4.69, 9.17) is 11.6 Å². The lowest BCUT2D eigenvalue weighted by Crippen LogP contribution is -2.17. The number of para-hydroxylation sites is 1. The van der Waals surface area contributed by atoms with Gasteiger partial charge in [0.2, 0.25) is 0 Å². The fourth-order valence-electron chi connectivity index (χ4n) is 3.11. The lowest BCUT2D eigenvalue weighted by Gasteiger charge is -2.05. The zero-order valence-corrected chi connectivity index (χ0v) is 15.8. The third-order valence-electron chi connectivity index (χ3n) is 4.49. The van der Waals surface area contributed by atoms with Gasteiger partial charge in [0.15, 0.2) is 0 Å². The van der Waals surface area contributed by atoms with Gasteiger partial charge in [-0.1, -0.05) is 60.1 Å². The van der Waals surface area contributed by atoms with Crippen molar-refractivity contribution in [1.29, 1.82) is 0 Å². The van der Waals surface area contributed by atoms with E-state index in [1.54, 1.807) is 18.3 Å². The summed E-state index contributed by atoms with van der Waals surface area (Å²) in [6.07, 6.45) is 3.72. The summed E-state index contributed by atoms with van der Waals surface area (Å²) >= 11 is 5.98. The van der Waals surface area contributed by atoms with Crippen molar-refractivity contribution in [3.8, 4) is 0 Å². The second kappa shape index (κ2) is 8.11. The third kappa shape index (κ3) is 3.97. The maximum Gasteiger partial charge on any atom is 0.271 e. The molecular formula is C23H18ClN3O. The molecule has 4 rings (SSSR count). The molecule has 0 radical (unpaired) electrons. The highest BCUT2D eigenvalue weighted by molar-refractivity contribution is 6.30. The summed E-state index contributed by atoms with van der Waals surface area (Å²) in [4.78, 5) is 12.1. The van der Waals surface area contributed by atoms with Crippen LogP contribution in [0.3, 0.4) is 0 Å². The van der Waals surface area contributed by atoms with Crippen molar-refractivity contribution >= 4 is 34.6 Å². The minimum Gasteiger partial charge on any atom is -0.342 e. The molecule has 0 spiro atoms. The minimum absolute atomic E-state index is 0.234. The Labute approximate surface area is 168 Å². The molecule has 138 valence electrons. The summed E-state index contributed by atoms with van der Waals surface area (Å²) in [5, 5.41) is 5.95. The monoisotopic (exact) mass is 387 g/mol. The van der Waals surface area contributed by atoms with Crippen LogP contribution >= 0.6 is 11.6 Å². The number of hydrogen-bond donors (Lipinski definition) is 1. The molecule has 0 aliphatic heterocycles. The Morgan fingerprint density at radius 2 is 1.68 bits per heavy atom. The van der Waals surface area contributed by atoms with E-state index in [9.17, 15) is 4.79 Å². The molecule has 1 heterocycles. The Morgan fingerprint density at radius 3 is 2.46 bits per heavy atom. The zero-order chi connectivity index (χ0) is 19.3. The Kier molecular flexibility index (Phi) is 5.22. The Morgan fingerprint density at radius 1 is 0.964 bits per heavy atom. The van der Waals surface area contributed by atoms with Gasteiger partial charge in [-0.25, -0.2) is 5.43 Å². The van der Waals surface area contributed by atoms with Crippen molar-refractivity contribution in [2.45, 2.75) is 6.54 Å². The first kappa shape index (κ1) is 18.0. The summed E-state index contributed by atoms with van der Waals surface area (Å²) < 4.78 is 2.17. The quantitative estimate of drug-likeness (QED) is 0.375. The molecule has 4 nitrogen and oxygen atoms in total. The van der Waals surface area contributed by atoms with E-state index in [0.717, 1.165) is 33.6 Å². The van der Waals surface area contributed by atoms with Crippen LogP contribution in [-0.2, 0) is 6.54 Å². The molecule has 0 saturated heterocycles. The van der Waals surface area contributed by atoms with Crippen molar-refractivity contribution in [3.63, 3.8) is 0 Å². The highest BCUT2D eigenvalue weighted by Crippen LogP contribution is 2.21. The van der Waals surface area contributed by atoms with E-state index in [1.807, 2.05) is 66.9 Å². The van der Waals surface area contributed by atoms with Gasteiger partial charge in [0.1, 0.15) is 0 Å². The van der Waals surface area contributed by atoms with E-state index in [0.29, 0.717) is 5.56 Å². The SMILES string of the molecule is O=C(N/N=C\c1cn(Cc2ccc(Cl)cc2)c2ccccc12)c1ccccc1. The van der Waals surface area contributed by atoms with Crippen LogP contribution in [0.2, 0.25) is 5.02 Å². The van der Waals surface area contributed by atoms with E-state index in [2.05, 4.69) is 21.2 Å². The van der Waals surface area contributed by atoms with Gasteiger partial charge >= 0.3 is 0 Å². The van der Waals surface area contributed by atoms with Crippen LogP contribution < -0.4 is 5.43 Å². The van der Waals surface area contributed by atoms with Crippen LogP contribution in [0.5, 0.6) is 0 Å². The van der Waals surface area contributed by atoms with Crippen LogP contribution in [-0.4, -0.2) is 16.7 Å². The van der Waals surface area contributed by atoms with E-state index in [-0.39, 0.29) is 5.91 Å². The zero-order valence-electron chi connectivity index (χ0n) is 15.0. The molecule has 5 heteroatoms. The number of benzene rings is 3. The average Bonchev–Trinajstić information content (AvgIpc) is 3.08. The van der Waals surface area contributed by atoms with Gasteiger partial charge < -0.3 is 4.57 Å². The molecule has 0 saturated carbocycles. The Hall–Kier alpha value is -3.37. The highest BCUT2D eigenvalue weighted by atomic mass is 35.5. The molecular weight excluding hydrogens is 370 g/mol. The Balaban J connectivity index is 1.57. The molecule has 0 aliphatic carbocycles. The minimum atomic E-state index is -0.234. The number of amides is 1. The summed E-state index contributed by atoms with van der Waals surface area (Å²) in [5.74, 6) is -0.234. The number of rotatable bonds is 5. The number of carbonyl (C=O) groups excluding carboxylic acids is 1. The number of nitrogens with one attached hydrogen (secondary N) is 1. The maximum absolute atomic E-state index is 12.1. The van der Waals surface area contributed by atoms with Crippen LogP contribution in [0.15, 0.2) is 90.2 Å². The molecule has 0 unspecified atom stereocenters. The number of fused-ring (bicyclic) bond motifs is 1. The van der Waals surface area contributed by atoms with Gasteiger partial charge in [-0.2, -0.15) is 5.10 Å². The summed E-state index contributed by atoms with van der Waals surface area (Å²) in [7, 11) is 0. The fourth-order valence-corrected chi connectivity index (χ4v) is 3.24. The number of nitrogens with zero attached hydrogens (tertiary/aromatic N) is 2. The molecule has 3 aromatic carbocycles. The maximum atomic E-state index is 12.1. The predicted molar refractivity (Wildman–Crippen MR) is 114 cm³/mol. The van der Waals surface area contributed by atoms with Crippen LogP contribution in [0.25, 0.3) is 10.9 Å². The van der Waals surface area contributed by atoms with Crippen molar-refractivity contribution in [2.75, 3.05) is 0 Å². The molecule has 0 bridgehead atoms. The second-order valence-corrected chi connectivity index (χ2v) is 6.86. The van der Waals surface area contributed by atoms with Gasteiger partial charge in [-0.05, 0) is 35.9 Å². The number of halogens is 1. The van der Waals surface area contributed by atoms with Crippen molar-refractivity contribution in [2.24, 2.45) is 5.10 Å². The first-order valence-corrected chi connectivity index (χ1v) is 9.29. The average molecular weight is 388 g/mol.